The van der Waals surface area contributed by atoms with Crippen molar-refractivity contribution >= 4 is 11.7 Å². The smallest absolute Gasteiger partial charge is 0.174 e. The lowest BCUT2D eigenvalue weighted by Gasteiger charge is -2.25. The molecule has 5 heteroatoms. The predicted molar refractivity (Wildman–Crippen MR) is 72.3 cm³/mol. The van der Waals surface area contributed by atoms with E-state index in [4.69, 9.17) is 10.9 Å². The number of aromatic nitrogens is 1. The Balaban J connectivity index is 2.55. The second-order valence-corrected chi connectivity index (χ2v) is 4.78. The predicted octanol–water partition coefficient (Wildman–Crippen LogP) is 1.78. The molecule has 0 unspecified atom stereocenters. The van der Waals surface area contributed by atoms with Crippen LogP contribution in [0.1, 0.15) is 36.6 Å². The van der Waals surface area contributed by atoms with Crippen molar-refractivity contribution in [3.8, 4) is 0 Å². The molecule has 18 heavy (non-hydrogen) atoms. The molecule has 98 valence electrons. The second kappa shape index (κ2) is 4.84. The minimum absolute atomic E-state index is 0.133. The van der Waals surface area contributed by atoms with Crippen LogP contribution in [0, 0.1) is 13.8 Å². The molecule has 0 radical (unpaired) electrons. The van der Waals surface area contributed by atoms with Gasteiger partial charge in [-0.25, -0.2) is 4.98 Å². The van der Waals surface area contributed by atoms with Crippen LogP contribution in [0.5, 0.6) is 0 Å². The summed E-state index contributed by atoms with van der Waals surface area (Å²) in [6, 6.07) is 2.51. The van der Waals surface area contributed by atoms with Crippen molar-refractivity contribution < 1.29 is 5.21 Å². The SMILES string of the molecule is CCN(c1nc(C)cc(C)c1C(N)=NO)C1CC1. The average molecular weight is 248 g/mol. The molecule has 0 saturated heterocycles. The Labute approximate surface area is 107 Å². The lowest BCUT2D eigenvalue weighted by atomic mass is 10.1. The van der Waals surface area contributed by atoms with Crippen LogP contribution in [0.3, 0.4) is 0 Å². The van der Waals surface area contributed by atoms with E-state index in [0.29, 0.717) is 6.04 Å². The summed E-state index contributed by atoms with van der Waals surface area (Å²) in [7, 11) is 0. The van der Waals surface area contributed by atoms with Gasteiger partial charge in [-0.05, 0) is 45.2 Å². The number of amidine groups is 1. The Hall–Kier alpha value is -1.78. The van der Waals surface area contributed by atoms with Crippen molar-refractivity contribution in [3.63, 3.8) is 0 Å². The molecule has 0 aromatic carbocycles. The molecule has 1 saturated carbocycles. The van der Waals surface area contributed by atoms with Crippen molar-refractivity contribution in [2.24, 2.45) is 10.9 Å². The molecule has 0 amide bonds. The third-order valence-corrected chi connectivity index (χ3v) is 3.29. The van der Waals surface area contributed by atoms with Crippen LogP contribution in [0.4, 0.5) is 5.82 Å². The summed E-state index contributed by atoms with van der Waals surface area (Å²) >= 11 is 0. The maximum absolute atomic E-state index is 8.93. The van der Waals surface area contributed by atoms with Gasteiger partial charge in [0.1, 0.15) is 5.82 Å². The summed E-state index contributed by atoms with van der Waals surface area (Å²) in [6.45, 7) is 6.92. The van der Waals surface area contributed by atoms with E-state index in [1.807, 2.05) is 19.9 Å². The Bertz CT molecular complexity index is 480. The highest BCUT2D eigenvalue weighted by Gasteiger charge is 2.31. The lowest BCUT2D eigenvalue weighted by molar-refractivity contribution is 0.318. The lowest BCUT2D eigenvalue weighted by Crippen LogP contribution is -2.30. The minimum Gasteiger partial charge on any atom is -0.409 e. The van der Waals surface area contributed by atoms with Crippen LogP contribution in [0.2, 0.25) is 0 Å². The zero-order chi connectivity index (χ0) is 13.3. The molecule has 0 aliphatic heterocycles. The minimum atomic E-state index is 0.133. The fourth-order valence-corrected chi connectivity index (χ4v) is 2.36. The summed E-state index contributed by atoms with van der Waals surface area (Å²) in [5, 5.41) is 12.1. The molecule has 0 bridgehead atoms. The standard InChI is InChI=1S/C13H20N4O/c1-4-17(10-5-6-10)13-11(12(14)16-18)8(2)7-9(3)15-13/h7,10,18H,4-6H2,1-3H3,(H2,14,16). The summed E-state index contributed by atoms with van der Waals surface area (Å²) in [5.74, 6) is 0.974. The van der Waals surface area contributed by atoms with Gasteiger partial charge in [-0.15, -0.1) is 0 Å². The quantitative estimate of drug-likeness (QED) is 0.368. The molecule has 5 nitrogen and oxygen atoms in total. The van der Waals surface area contributed by atoms with Gasteiger partial charge < -0.3 is 15.8 Å². The van der Waals surface area contributed by atoms with E-state index in [2.05, 4.69) is 22.0 Å². The van der Waals surface area contributed by atoms with E-state index in [1.165, 1.54) is 12.8 Å². The van der Waals surface area contributed by atoms with Crippen molar-refractivity contribution in [1.82, 2.24) is 4.98 Å². The van der Waals surface area contributed by atoms with Gasteiger partial charge in [-0.3, -0.25) is 0 Å². The Morgan fingerprint density at radius 1 is 1.56 bits per heavy atom. The highest BCUT2D eigenvalue weighted by atomic mass is 16.4. The van der Waals surface area contributed by atoms with E-state index in [9.17, 15) is 0 Å². The van der Waals surface area contributed by atoms with Gasteiger partial charge >= 0.3 is 0 Å². The Morgan fingerprint density at radius 2 is 2.22 bits per heavy atom. The van der Waals surface area contributed by atoms with Gasteiger partial charge in [0.15, 0.2) is 5.84 Å². The van der Waals surface area contributed by atoms with Crippen molar-refractivity contribution in [3.05, 3.63) is 22.9 Å². The van der Waals surface area contributed by atoms with Gasteiger partial charge in [0.05, 0.1) is 5.56 Å². The molecule has 1 aliphatic rings. The first kappa shape index (κ1) is 12.7. The van der Waals surface area contributed by atoms with Crippen LogP contribution >= 0.6 is 0 Å². The maximum atomic E-state index is 8.93. The van der Waals surface area contributed by atoms with Crippen LogP contribution < -0.4 is 10.6 Å². The molecule has 1 fully saturated rings. The summed E-state index contributed by atoms with van der Waals surface area (Å²) in [6.07, 6.45) is 2.39. The van der Waals surface area contributed by atoms with Gasteiger partial charge in [-0.1, -0.05) is 5.16 Å². The van der Waals surface area contributed by atoms with E-state index in [-0.39, 0.29) is 5.84 Å². The number of anilines is 1. The first-order valence-corrected chi connectivity index (χ1v) is 6.31. The van der Waals surface area contributed by atoms with Crippen molar-refractivity contribution in [2.75, 3.05) is 11.4 Å². The number of hydrogen-bond acceptors (Lipinski definition) is 4. The van der Waals surface area contributed by atoms with Gasteiger partial charge in [0.2, 0.25) is 0 Å². The van der Waals surface area contributed by atoms with E-state index < -0.39 is 0 Å². The highest BCUT2D eigenvalue weighted by molar-refractivity contribution is 6.02. The molecular weight excluding hydrogens is 228 g/mol. The van der Waals surface area contributed by atoms with Crippen molar-refractivity contribution in [2.45, 2.75) is 39.7 Å². The molecule has 2 rings (SSSR count). The number of pyridine rings is 1. The largest absolute Gasteiger partial charge is 0.409 e. The number of nitrogens with two attached hydrogens (primary N) is 1. The van der Waals surface area contributed by atoms with E-state index in [0.717, 1.165) is 29.2 Å². The molecule has 0 spiro atoms. The zero-order valence-electron chi connectivity index (χ0n) is 11.1. The molecule has 1 aromatic heterocycles. The van der Waals surface area contributed by atoms with Crippen LogP contribution in [0.25, 0.3) is 0 Å². The van der Waals surface area contributed by atoms with Gasteiger partial charge in [-0.2, -0.15) is 0 Å². The van der Waals surface area contributed by atoms with Gasteiger partial charge in [0.25, 0.3) is 0 Å². The third kappa shape index (κ3) is 2.25. The number of oxime groups is 1. The molecule has 1 heterocycles. The highest BCUT2D eigenvalue weighted by Crippen LogP contribution is 2.33. The molecule has 0 atom stereocenters. The van der Waals surface area contributed by atoms with E-state index >= 15 is 0 Å². The van der Waals surface area contributed by atoms with Crippen molar-refractivity contribution in [1.29, 1.82) is 0 Å². The van der Waals surface area contributed by atoms with Gasteiger partial charge in [0, 0.05) is 18.3 Å². The average Bonchev–Trinajstić information content (AvgIpc) is 3.13. The summed E-state index contributed by atoms with van der Waals surface area (Å²) in [5.41, 5.74) is 8.49. The van der Waals surface area contributed by atoms with E-state index in [1.54, 1.807) is 0 Å². The number of rotatable bonds is 4. The maximum Gasteiger partial charge on any atom is 0.174 e. The van der Waals surface area contributed by atoms with Crippen LogP contribution in [-0.2, 0) is 0 Å². The number of aryl methyl sites for hydroxylation is 2. The Kier molecular flexibility index (Phi) is 3.41. The summed E-state index contributed by atoms with van der Waals surface area (Å²) < 4.78 is 0. The second-order valence-electron chi connectivity index (χ2n) is 4.78. The Morgan fingerprint density at radius 3 is 2.72 bits per heavy atom. The molecular formula is C13H20N4O. The first-order valence-electron chi connectivity index (χ1n) is 6.31. The third-order valence-electron chi connectivity index (χ3n) is 3.29. The topological polar surface area (TPSA) is 74.7 Å². The fraction of sp³-hybridized carbons (Fsp3) is 0.538. The summed E-state index contributed by atoms with van der Waals surface area (Å²) in [4.78, 5) is 6.83. The molecule has 3 N–H and O–H groups in total. The normalized spacial score (nSPS) is 15.8. The fourth-order valence-electron chi connectivity index (χ4n) is 2.36. The number of nitrogens with zero attached hydrogens (tertiary/aromatic N) is 3. The number of hydrogen-bond donors (Lipinski definition) is 2. The first-order chi connectivity index (χ1) is 8.58. The van der Waals surface area contributed by atoms with Crippen LogP contribution in [-0.4, -0.2) is 28.6 Å². The van der Waals surface area contributed by atoms with Crippen LogP contribution in [0.15, 0.2) is 11.2 Å². The zero-order valence-corrected chi connectivity index (χ0v) is 11.1. The molecule has 1 aliphatic carbocycles. The molecule has 1 aromatic rings. The monoisotopic (exact) mass is 248 g/mol.